The van der Waals surface area contributed by atoms with Crippen LogP contribution in [-0.4, -0.2) is 193 Å². The molecule has 8 rings (SSSR count). The quantitative estimate of drug-likeness (QED) is 0.0694. The summed E-state index contributed by atoms with van der Waals surface area (Å²) in [5, 5.41) is 8.43. The number of rotatable bonds is 25. The molecule has 5 aliphatic heterocycles. The van der Waals surface area contributed by atoms with E-state index < -0.39 is 29.7 Å². The second-order valence-electron chi connectivity index (χ2n) is 18.1. The summed E-state index contributed by atoms with van der Waals surface area (Å²) in [5.41, 5.74) is 9.49. The molecule has 2 aromatic carbocycles. The highest BCUT2D eigenvalue weighted by Gasteiger charge is 2.45. The first-order chi connectivity index (χ1) is 34.6. The first kappa shape index (κ1) is 51.3. The number of anilines is 4. The van der Waals surface area contributed by atoms with Gasteiger partial charge in [0.2, 0.25) is 17.7 Å². The van der Waals surface area contributed by atoms with E-state index in [9.17, 15) is 28.8 Å². The SMILES string of the molecule is NC(=O)C1CCN(c2cc(CN3CCN(CCCOCCOCCOCCOCCNc4cccc5c4C(=O)N(C4CCC(=O)NC4=O)C5=O)CC3)ccc2NC(=O)c2coc(N3CCOCC3)n2)CC1. The van der Waals surface area contributed by atoms with Crippen molar-refractivity contribution in [2.75, 3.05) is 152 Å². The van der Waals surface area contributed by atoms with Crippen LogP contribution in [0, 0.1) is 5.92 Å². The number of aromatic nitrogens is 1. The molecule has 3 aromatic rings. The standard InChI is InChI=1S/C49H66N10O12/c50-44(61)35-9-13-57(14-10-35)41-31-34(5-6-37(41)52-45(62)39-33-71-49(53-39)58-19-23-68-24-20-58)32-56-17-15-55(16-18-56)12-2-21-66-25-27-69-29-30-70-28-26-67-22-11-51-38-4-1-3-36-43(38)48(65)59(47(36)64)40-7-8-42(60)54-46(40)63/h1,3-6,31,33,35,40,51H,2,7-30,32H2,(H2,50,61)(H,52,62)(H,54,60,63). The van der Waals surface area contributed by atoms with Crippen molar-refractivity contribution in [3.05, 3.63) is 65.0 Å². The van der Waals surface area contributed by atoms with Crippen molar-refractivity contribution in [3.63, 3.8) is 0 Å². The molecule has 6 amide bonds. The molecule has 6 heterocycles. The van der Waals surface area contributed by atoms with E-state index >= 15 is 0 Å². The van der Waals surface area contributed by atoms with Crippen LogP contribution in [0.1, 0.15) is 68.9 Å². The number of oxazole rings is 1. The number of piperazine rings is 1. The zero-order chi connectivity index (χ0) is 49.5. The normalized spacial score (nSPS) is 19.3. The lowest BCUT2D eigenvalue weighted by atomic mass is 9.95. The maximum absolute atomic E-state index is 13.4. The summed E-state index contributed by atoms with van der Waals surface area (Å²) in [7, 11) is 0. The number of ether oxygens (including phenoxy) is 5. The molecule has 4 saturated heterocycles. The van der Waals surface area contributed by atoms with Crippen LogP contribution in [0.25, 0.3) is 0 Å². The summed E-state index contributed by atoms with van der Waals surface area (Å²) < 4.78 is 33.8. The minimum Gasteiger partial charge on any atom is -0.431 e. The highest BCUT2D eigenvalue weighted by atomic mass is 16.6. The van der Waals surface area contributed by atoms with Crippen molar-refractivity contribution in [1.29, 1.82) is 0 Å². The van der Waals surface area contributed by atoms with Gasteiger partial charge in [-0.15, -0.1) is 0 Å². The second-order valence-corrected chi connectivity index (χ2v) is 18.1. The lowest BCUT2D eigenvalue weighted by Crippen LogP contribution is -2.54. The predicted molar refractivity (Wildman–Crippen MR) is 259 cm³/mol. The molecule has 1 aromatic heterocycles. The fourth-order valence-electron chi connectivity index (χ4n) is 9.40. The number of morpholine rings is 1. The van der Waals surface area contributed by atoms with E-state index in [1.54, 1.807) is 18.2 Å². The van der Waals surface area contributed by atoms with Crippen molar-refractivity contribution in [2.45, 2.75) is 44.7 Å². The Hall–Kier alpha value is -6.01. The number of piperidine rings is 2. The Labute approximate surface area is 412 Å². The Morgan fingerprint density at radius 1 is 0.761 bits per heavy atom. The number of imide groups is 2. The molecule has 0 radical (unpaired) electrons. The lowest BCUT2D eigenvalue weighted by Gasteiger charge is -2.36. The van der Waals surface area contributed by atoms with Crippen LogP contribution in [0.5, 0.6) is 0 Å². The maximum Gasteiger partial charge on any atom is 0.298 e. The highest BCUT2D eigenvalue weighted by molar-refractivity contribution is 6.25. The highest BCUT2D eigenvalue weighted by Crippen LogP contribution is 2.34. The van der Waals surface area contributed by atoms with Crippen molar-refractivity contribution in [3.8, 4) is 0 Å². The fourth-order valence-corrected chi connectivity index (χ4v) is 9.40. The van der Waals surface area contributed by atoms with Gasteiger partial charge < -0.3 is 59.2 Å². The number of amides is 6. The van der Waals surface area contributed by atoms with Gasteiger partial charge in [0.15, 0.2) is 5.69 Å². The van der Waals surface area contributed by atoms with E-state index in [1.807, 2.05) is 11.0 Å². The van der Waals surface area contributed by atoms with Crippen LogP contribution in [-0.2, 0) is 44.6 Å². The fraction of sp³-hybridized carbons (Fsp3) is 0.571. The largest absolute Gasteiger partial charge is 0.431 e. The summed E-state index contributed by atoms with van der Waals surface area (Å²) in [6, 6.07) is 10.5. The molecule has 0 spiro atoms. The number of nitrogens with one attached hydrogen (secondary N) is 3. The van der Waals surface area contributed by atoms with Crippen LogP contribution < -0.4 is 31.5 Å². The van der Waals surface area contributed by atoms with Gasteiger partial charge in [0.1, 0.15) is 12.3 Å². The van der Waals surface area contributed by atoms with Gasteiger partial charge in [-0.05, 0) is 55.5 Å². The molecule has 22 nitrogen and oxygen atoms in total. The molecule has 71 heavy (non-hydrogen) atoms. The third kappa shape index (κ3) is 13.7. The Morgan fingerprint density at radius 2 is 1.45 bits per heavy atom. The first-order valence-electron chi connectivity index (χ1n) is 24.7. The van der Waals surface area contributed by atoms with Crippen LogP contribution >= 0.6 is 0 Å². The van der Waals surface area contributed by atoms with Gasteiger partial charge in [-0.1, -0.05) is 12.1 Å². The number of carbonyl (C=O) groups is 6. The van der Waals surface area contributed by atoms with Gasteiger partial charge in [0.05, 0.1) is 82.0 Å². The summed E-state index contributed by atoms with van der Waals surface area (Å²) >= 11 is 0. The number of benzene rings is 2. The number of nitrogens with zero attached hydrogens (tertiary/aromatic N) is 6. The summed E-state index contributed by atoms with van der Waals surface area (Å²) in [4.78, 5) is 90.1. The van der Waals surface area contributed by atoms with Gasteiger partial charge in [0.25, 0.3) is 23.7 Å². The monoisotopic (exact) mass is 986 g/mol. The third-order valence-corrected chi connectivity index (χ3v) is 13.3. The Kier molecular flexibility index (Phi) is 18.4. The van der Waals surface area contributed by atoms with E-state index in [0.29, 0.717) is 129 Å². The molecule has 5 aliphatic rings. The Bertz CT molecular complexity index is 2330. The molecule has 0 saturated carbocycles. The molecule has 1 atom stereocenters. The van der Waals surface area contributed by atoms with E-state index in [0.717, 1.165) is 61.8 Å². The van der Waals surface area contributed by atoms with E-state index in [4.69, 9.17) is 33.8 Å². The minimum absolute atomic E-state index is 0.0609. The minimum atomic E-state index is -1.02. The number of nitrogens with two attached hydrogens (primary N) is 1. The molecule has 22 heteroatoms. The van der Waals surface area contributed by atoms with Crippen molar-refractivity contribution in [2.24, 2.45) is 11.7 Å². The summed E-state index contributed by atoms with van der Waals surface area (Å²) in [6.07, 6.45) is 3.80. The van der Waals surface area contributed by atoms with Crippen LogP contribution in [0.2, 0.25) is 0 Å². The zero-order valence-electron chi connectivity index (χ0n) is 40.2. The average Bonchev–Trinajstić information content (AvgIpc) is 3.98. The Morgan fingerprint density at radius 3 is 2.15 bits per heavy atom. The van der Waals surface area contributed by atoms with Gasteiger partial charge in [0, 0.05) is 96.6 Å². The van der Waals surface area contributed by atoms with Crippen molar-refractivity contribution < 1.29 is 56.9 Å². The zero-order valence-corrected chi connectivity index (χ0v) is 40.2. The van der Waals surface area contributed by atoms with E-state index in [2.05, 4.69) is 47.8 Å². The number of hydrogen-bond donors (Lipinski definition) is 4. The van der Waals surface area contributed by atoms with Crippen molar-refractivity contribution in [1.82, 2.24) is 25.0 Å². The average molecular weight is 987 g/mol. The smallest absolute Gasteiger partial charge is 0.298 e. The molecule has 1 unspecified atom stereocenters. The van der Waals surface area contributed by atoms with Crippen LogP contribution in [0.15, 0.2) is 47.1 Å². The number of carbonyl (C=O) groups excluding carboxylic acids is 6. The number of hydrogen-bond acceptors (Lipinski definition) is 18. The molecule has 4 fully saturated rings. The maximum atomic E-state index is 13.4. The molecule has 384 valence electrons. The lowest BCUT2D eigenvalue weighted by molar-refractivity contribution is -0.136. The number of fused-ring (bicyclic) bond motifs is 1. The summed E-state index contributed by atoms with van der Waals surface area (Å²) in [5.74, 6) is -2.95. The van der Waals surface area contributed by atoms with Gasteiger partial charge in [-0.2, -0.15) is 4.98 Å². The topological polar surface area (TPSA) is 253 Å². The van der Waals surface area contributed by atoms with Crippen LogP contribution in [0.4, 0.5) is 23.1 Å². The number of primary amides is 1. The molecular weight excluding hydrogens is 921 g/mol. The molecular formula is C49H66N10O12. The van der Waals surface area contributed by atoms with E-state index in [-0.39, 0.29) is 47.4 Å². The third-order valence-electron chi connectivity index (χ3n) is 13.3. The van der Waals surface area contributed by atoms with E-state index in [1.165, 1.54) is 6.26 Å². The predicted octanol–water partition coefficient (Wildman–Crippen LogP) is 1.55. The van der Waals surface area contributed by atoms with Gasteiger partial charge >= 0.3 is 0 Å². The van der Waals surface area contributed by atoms with Gasteiger partial charge in [-0.3, -0.25) is 43.9 Å². The molecule has 5 N–H and O–H groups in total. The second kappa shape index (κ2) is 25.4. The van der Waals surface area contributed by atoms with Crippen molar-refractivity contribution >= 4 is 58.5 Å². The summed E-state index contributed by atoms with van der Waals surface area (Å²) in [6.45, 7) is 13.3. The van der Waals surface area contributed by atoms with Gasteiger partial charge in [-0.25, -0.2) is 0 Å². The Balaban J connectivity index is 0.654. The first-order valence-corrected chi connectivity index (χ1v) is 24.7. The molecule has 0 bridgehead atoms. The molecule has 0 aliphatic carbocycles. The van der Waals surface area contributed by atoms with Crippen LogP contribution in [0.3, 0.4) is 0 Å².